The zero-order valence-electron chi connectivity index (χ0n) is 13.4. The molecule has 0 atom stereocenters. The summed E-state index contributed by atoms with van der Waals surface area (Å²) in [4.78, 5) is 0. The largest absolute Gasteiger partial charge is 0.387 e. The summed E-state index contributed by atoms with van der Waals surface area (Å²) in [6.07, 6.45) is 13.5. The third-order valence-electron chi connectivity index (χ3n) is 4.11. The average molecular weight is 281 g/mol. The topological polar surface area (TPSA) is 33.0 Å². The molecule has 0 bridgehead atoms. The van der Waals surface area contributed by atoms with Crippen LogP contribution in [0.2, 0.25) is 0 Å². The van der Waals surface area contributed by atoms with E-state index < -0.39 is 0 Å². The molecule has 1 aromatic carbocycles. The Hall–Kier alpha value is -2.01. The molecule has 0 amide bonds. The smallest absolute Gasteiger partial charge is 0.292 e. The molecule has 1 aliphatic rings. The Morgan fingerprint density at radius 1 is 1.43 bits per heavy atom. The van der Waals surface area contributed by atoms with Crippen LogP contribution in [-0.2, 0) is 18.3 Å². The molecular weight excluding hydrogens is 258 g/mol. The minimum atomic E-state index is -0.151. The molecule has 2 rings (SSSR count). The predicted molar refractivity (Wildman–Crippen MR) is 87.3 cm³/mol. The highest BCUT2D eigenvalue weighted by molar-refractivity contribution is 5.66. The van der Waals surface area contributed by atoms with Crippen LogP contribution in [0, 0.1) is 11.5 Å². The van der Waals surface area contributed by atoms with Gasteiger partial charge in [0.25, 0.3) is 6.26 Å². The van der Waals surface area contributed by atoms with E-state index in [-0.39, 0.29) is 5.41 Å². The number of nitrogens with zero attached hydrogens (tertiary/aromatic N) is 1. The average Bonchev–Trinajstić information content (AvgIpc) is 2.46. The first-order valence-corrected chi connectivity index (χ1v) is 7.60. The van der Waals surface area contributed by atoms with Gasteiger partial charge in [-0.1, -0.05) is 45.1 Å². The van der Waals surface area contributed by atoms with E-state index in [1.807, 2.05) is 13.2 Å². The summed E-state index contributed by atoms with van der Waals surface area (Å²) >= 11 is 0. The number of ether oxygens (including phenoxy) is 1. The molecule has 0 unspecified atom stereocenters. The number of rotatable bonds is 4. The second-order valence-electron chi connectivity index (χ2n) is 6.02. The van der Waals surface area contributed by atoms with E-state index in [1.54, 1.807) is 0 Å². The fourth-order valence-electron chi connectivity index (χ4n) is 3.24. The molecule has 0 N–H and O–H groups in total. The summed E-state index contributed by atoms with van der Waals surface area (Å²) in [6.45, 7) is 8.50. The summed E-state index contributed by atoms with van der Waals surface area (Å²) in [5.74, 6) is 0.761. The van der Waals surface area contributed by atoms with Crippen molar-refractivity contribution in [1.29, 1.82) is 5.26 Å². The van der Waals surface area contributed by atoms with Gasteiger partial charge in [-0.3, -0.25) is 0 Å². The first-order valence-electron chi connectivity index (χ1n) is 7.60. The number of fused-ring (bicyclic) bond motifs is 1. The molecule has 0 aromatic heterocycles. The van der Waals surface area contributed by atoms with Crippen LogP contribution in [0.25, 0.3) is 6.08 Å². The van der Waals surface area contributed by atoms with Crippen molar-refractivity contribution in [3.8, 4) is 12.0 Å². The highest BCUT2D eigenvalue weighted by atomic mass is 16.5. The Morgan fingerprint density at radius 2 is 2.19 bits per heavy atom. The van der Waals surface area contributed by atoms with Crippen LogP contribution < -0.4 is 4.74 Å². The molecule has 1 aromatic rings. The van der Waals surface area contributed by atoms with E-state index >= 15 is 0 Å². The SMILES string of the molecule is CC=CC(C)(C)c1c2c(cc(CC)c1OC#N)C=CCC2. The van der Waals surface area contributed by atoms with E-state index in [0.717, 1.165) is 30.6 Å². The van der Waals surface area contributed by atoms with Gasteiger partial charge in [-0.05, 0) is 48.9 Å². The lowest BCUT2D eigenvalue weighted by Gasteiger charge is -2.30. The van der Waals surface area contributed by atoms with Crippen LogP contribution in [0.4, 0.5) is 0 Å². The Kier molecular flexibility index (Phi) is 4.53. The summed E-state index contributed by atoms with van der Waals surface area (Å²) in [5, 5.41) is 9.06. The van der Waals surface area contributed by atoms with Gasteiger partial charge in [0.1, 0.15) is 5.75 Å². The third kappa shape index (κ3) is 2.88. The molecule has 0 spiro atoms. The van der Waals surface area contributed by atoms with Gasteiger partial charge >= 0.3 is 0 Å². The lowest BCUT2D eigenvalue weighted by atomic mass is 9.76. The molecule has 0 radical (unpaired) electrons. The quantitative estimate of drug-likeness (QED) is 0.579. The number of nitriles is 1. The second kappa shape index (κ2) is 6.18. The lowest BCUT2D eigenvalue weighted by Crippen LogP contribution is -2.20. The van der Waals surface area contributed by atoms with E-state index in [0.29, 0.717) is 0 Å². The zero-order chi connectivity index (χ0) is 15.5. The van der Waals surface area contributed by atoms with Crippen molar-refractivity contribution in [2.75, 3.05) is 0 Å². The van der Waals surface area contributed by atoms with Gasteiger partial charge in [-0.2, -0.15) is 0 Å². The molecule has 2 heteroatoms. The number of allylic oxidation sites excluding steroid dienone is 3. The Balaban J connectivity index is 2.80. The maximum atomic E-state index is 9.06. The van der Waals surface area contributed by atoms with Crippen LogP contribution in [-0.4, -0.2) is 0 Å². The van der Waals surface area contributed by atoms with Crippen LogP contribution in [0.1, 0.15) is 56.4 Å². The normalized spacial score (nSPS) is 14.0. The predicted octanol–water partition coefficient (Wildman–Crippen LogP) is 4.92. The number of benzene rings is 1. The molecule has 0 fully saturated rings. The van der Waals surface area contributed by atoms with E-state index in [1.165, 1.54) is 16.7 Å². The number of hydrogen-bond acceptors (Lipinski definition) is 2. The molecule has 2 nitrogen and oxygen atoms in total. The van der Waals surface area contributed by atoms with Crippen LogP contribution in [0.5, 0.6) is 5.75 Å². The van der Waals surface area contributed by atoms with Gasteiger partial charge in [0.05, 0.1) is 0 Å². The first kappa shape index (κ1) is 15.4. The van der Waals surface area contributed by atoms with Gasteiger partial charge in [-0.25, -0.2) is 0 Å². The van der Waals surface area contributed by atoms with E-state index in [9.17, 15) is 0 Å². The van der Waals surface area contributed by atoms with Crippen molar-refractivity contribution in [2.45, 2.75) is 52.4 Å². The van der Waals surface area contributed by atoms with Crippen molar-refractivity contribution in [3.05, 3.63) is 46.5 Å². The minimum Gasteiger partial charge on any atom is -0.387 e. The molecule has 0 saturated carbocycles. The minimum absolute atomic E-state index is 0.151. The van der Waals surface area contributed by atoms with Gasteiger partial charge in [0, 0.05) is 11.0 Å². The standard InChI is InChI=1S/C19H23NO/c1-5-11-19(3,4)17-16-10-8-7-9-15(16)12-14(6-2)18(17)21-13-20/h5,7,9,11-12H,6,8,10H2,1-4H3. The maximum absolute atomic E-state index is 9.06. The van der Waals surface area contributed by atoms with Crippen LogP contribution in [0.15, 0.2) is 24.3 Å². The molecule has 0 aliphatic heterocycles. The lowest BCUT2D eigenvalue weighted by molar-refractivity contribution is 0.476. The van der Waals surface area contributed by atoms with Crippen LogP contribution in [0.3, 0.4) is 0 Å². The van der Waals surface area contributed by atoms with Gasteiger partial charge in [0.15, 0.2) is 0 Å². The molecular formula is C19H23NO. The second-order valence-corrected chi connectivity index (χ2v) is 6.02. The highest BCUT2D eigenvalue weighted by Gasteiger charge is 2.29. The first-order chi connectivity index (χ1) is 10.0. The molecule has 0 heterocycles. The number of hydrogen-bond donors (Lipinski definition) is 0. The number of aryl methyl sites for hydroxylation is 1. The Labute approximate surface area is 127 Å². The Morgan fingerprint density at radius 3 is 2.81 bits per heavy atom. The summed E-state index contributed by atoms with van der Waals surface area (Å²) in [7, 11) is 0. The third-order valence-corrected chi connectivity index (χ3v) is 4.11. The summed E-state index contributed by atoms with van der Waals surface area (Å²) in [5.41, 5.74) is 4.72. The van der Waals surface area contributed by atoms with Gasteiger partial charge in [-0.15, -0.1) is 5.26 Å². The van der Waals surface area contributed by atoms with Crippen molar-refractivity contribution >= 4 is 6.08 Å². The fraction of sp³-hybridized carbons (Fsp3) is 0.421. The van der Waals surface area contributed by atoms with E-state index in [4.69, 9.17) is 10.00 Å². The van der Waals surface area contributed by atoms with E-state index in [2.05, 4.69) is 51.1 Å². The highest BCUT2D eigenvalue weighted by Crippen LogP contribution is 2.42. The molecule has 110 valence electrons. The van der Waals surface area contributed by atoms with Crippen LogP contribution >= 0.6 is 0 Å². The van der Waals surface area contributed by atoms with Crippen molar-refractivity contribution in [2.24, 2.45) is 0 Å². The maximum Gasteiger partial charge on any atom is 0.292 e. The summed E-state index contributed by atoms with van der Waals surface area (Å²) in [6, 6.07) is 2.17. The summed E-state index contributed by atoms with van der Waals surface area (Å²) < 4.78 is 5.41. The fourth-order valence-corrected chi connectivity index (χ4v) is 3.24. The van der Waals surface area contributed by atoms with Gasteiger partial charge in [0.2, 0.25) is 0 Å². The molecule has 1 aliphatic carbocycles. The van der Waals surface area contributed by atoms with Crippen molar-refractivity contribution in [1.82, 2.24) is 0 Å². The molecule has 21 heavy (non-hydrogen) atoms. The molecule has 0 saturated heterocycles. The van der Waals surface area contributed by atoms with Crippen molar-refractivity contribution in [3.63, 3.8) is 0 Å². The Bertz CT molecular complexity index is 630. The monoisotopic (exact) mass is 281 g/mol. The van der Waals surface area contributed by atoms with Gasteiger partial charge < -0.3 is 4.74 Å². The zero-order valence-corrected chi connectivity index (χ0v) is 13.4. The van der Waals surface area contributed by atoms with Crippen molar-refractivity contribution < 1.29 is 4.74 Å².